The lowest BCUT2D eigenvalue weighted by Crippen LogP contribution is -2.23. The number of amides is 1. The largest absolute Gasteiger partial charge is 0.439 e. The molecule has 0 saturated carbocycles. The molecule has 116 valence electrons. The Kier molecular flexibility index (Phi) is 4.79. The Morgan fingerprint density at radius 3 is 2.74 bits per heavy atom. The van der Waals surface area contributed by atoms with Gasteiger partial charge in [0.15, 0.2) is 5.76 Å². The van der Waals surface area contributed by atoms with Crippen molar-refractivity contribution >= 4 is 33.4 Å². The summed E-state index contributed by atoms with van der Waals surface area (Å²) in [4.78, 5) is 16.3. The highest BCUT2D eigenvalue weighted by atomic mass is 79.9. The number of rotatable bonds is 4. The molecule has 3 aromatic rings. The first-order chi connectivity index (χ1) is 11.1. The summed E-state index contributed by atoms with van der Waals surface area (Å²) in [6, 6.07) is 14.8. The summed E-state index contributed by atoms with van der Waals surface area (Å²) in [5.74, 6) is 0.823. The van der Waals surface area contributed by atoms with Crippen LogP contribution in [0, 0.1) is 0 Å². The molecule has 0 unspecified atom stereocenters. The van der Waals surface area contributed by atoms with Crippen LogP contribution in [0.15, 0.2) is 63.6 Å². The molecule has 0 aliphatic rings. The van der Waals surface area contributed by atoms with Crippen LogP contribution in [-0.2, 0) is 6.54 Å². The number of nitrogens with zero attached hydrogens (tertiary/aromatic N) is 1. The number of benzene rings is 2. The standard InChI is InChI=1S/C17H12BrClN2O2/c18-12-6-7-13(14(19)8-12)17(22)21-10-16-20-9-15(23-16)11-4-2-1-3-5-11/h1-9H,10H2,(H,21,22). The molecule has 0 aliphatic heterocycles. The highest BCUT2D eigenvalue weighted by Crippen LogP contribution is 2.22. The van der Waals surface area contributed by atoms with Crippen LogP contribution in [0.25, 0.3) is 11.3 Å². The average Bonchev–Trinajstić information content (AvgIpc) is 3.02. The molecule has 23 heavy (non-hydrogen) atoms. The van der Waals surface area contributed by atoms with Gasteiger partial charge in [0.2, 0.25) is 5.89 Å². The molecular formula is C17H12BrClN2O2. The Balaban J connectivity index is 1.67. The molecule has 1 amide bonds. The van der Waals surface area contributed by atoms with Crippen molar-refractivity contribution in [1.29, 1.82) is 0 Å². The zero-order valence-corrected chi connectivity index (χ0v) is 14.3. The quantitative estimate of drug-likeness (QED) is 0.702. The van der Waals surface area contributed by atoms with Gasteiger partial charge in [-0.05, 0) is 18.2 Å². The average molecular weight is 392 g/mol. The van der Waals surface area contributed by atoms with Crippen molar-refractivity contribution in [1.82, 2.24) is 10.3 Å². The molecule has 2 aromatic carbocycles. The lowest BCUT2D eigenvalue weighted by atomic mass is 10.2. The second-order valence-electron chi connectivity index (χ2n) is 4.79. The molecule has 0 atom stereocenters. The number of oxazole rings is 1. The smallest absolute Gasteiger partial charge is 0.253 e. The lowest BCUT2D eigenvalue weighted by molar-refractivity contribution is 0.0947. The Morgan fingerprint density at radius 2 is 2.00 bits per heavy atom. The van der Waals surface area contributed by atoms with Gasteiger partial charge in [-0.2, -0.15) is 0 Å². The van der Waals surface area contributed by atoms with E-state index < -0.39 is 0 Å². The van der Waals surface area contributed by atoms with Crippen molar-refractivity contribution in [2.75, 3.05) is 0 Å². The van der Waals surface area contributed by atoms with Gasteiger partial charge in [0.1, 0.15) is 0 Å². The maximum atomic E-state index is 12.1. The minimum Gasteiger partial charge on any atom is -0.439 e. The number of aromatic nitrogens is 1. The van der Waals surface area contributed by atoms with Crippen LogP contribution in [0.4, 0.5) is 0 Å². The van der Waals surface area contributed by atoms with Crippen molar-refractivity contribution in [3.05, 3.63) is 75.7 Å². The molecule has 4 nitrogen and oxygen atoms in total. The van der Waals surface area contributed by atoms with E-state index in [0.717, 1.165) is 10.0 Å². The molecule has 3 rings (SSSR count). The summed E-state index contributed by atoms with van der Waals surface area (Å²) >= 11 is 9.37. The normalized spacial score (nSPS) is 10.5. The molecule has 0 bridgehead atoms. The van der Waals surface area contributed by atoms with E-state index in [1.165, 1.54) is 0 Å². The predicted octanol–water partition coefficient (Wildman–Crippen LogP) is 4.69. The van der Waals surface area contributed by atoms with E-state index in [0.29, 0.717) is 22.2 Å². The third kappa shape index (κ3) is 3.81. The maximum Gasteiger partial charge on any atom is 0.253 e. The van der Waals surface area contributed by atoms with Gasteiger partial charge >= 0.3 is 0 Å². The lowest BCUT2D eigenvalue weighted by Gasteiger charge is -2.05. The number of hydrogen-bond donors (Lipinski definition) is 1. The van der Waals surface area contributed by atoms with Crippen LogP contribution in [0.2, 0.25) is 5.02 Å². The minimum atomic E-state index is -0.276. The Labute approximate surface area is 146 Å². The Morgan fingerprint density at radius 1 is 1.22 bits per heavy atom. The fourth-order valence-corrected chi connectivity index (χ4v) is 2.81. The molecule has 0 fully saturated rings. The van der Waals surface area contributed by atoms with E-state index >= 15 is 0 Å². The first-order valence-corrected chi connectivity index (χ1v) is 8.04. The van der Waals surface area contributed by atoms with Gasteiger partial charge in [0, 0.05) is 10.0 Å². The number of carbonyl (C=O) groups is 1. The van der Waals surface area contributed by atoms with E-state index in [1.807, 2.05) is 30.3 Å². The van der Waals surface area contributed by atoms with Crippen molar-refractivity contribution in [2.24, 2.45) is 0 Å². The van der Waals surface area contributed by atoms with E-state index in [2.05, 4.69) is 26.2 Å². The predicted molar refractivity (Wildman–Crippen MR) is 92.3 cm³/mol. The monoisotopic (exact) mass is 390 g/mol. The van der Waals surface area contributed by atoms with Crippen LogP contribution in [0.3, 0.4) is 0 Å². The highest BCUT2D eigenvalue weighted by molar-refractivity contribution is 9.10. The van der Waals surface area contributed by atoms with E-state index in [9.17, 15) is 4.79 Å². The zero-order chi connectivity index (χ0) is 16.2. The fourth-order valence-electron chi connectivity index (χ4n) is 2.05. The van der Waals surface area contributed by atoms with Crippen LogP contribution in [-0.4, -0.2) is 10.9 Å². The summed E-state index contributed by atoms with van der Waals surface area (Å²) in [5, 5.41) is 3.13. The molecule has 0 saturated heterocycles. The number of halogens is 2. The third-order valence-corrected chi connectivity index (χ3v) is 3.99. The number of carbonyl (C=O) groups excluding carboxylic acids is 1. The highest BCUT2D eigenvalue weighted by Gasteiger charge is 2.12. The maximum absolute atomic E-state index is 12.1. The third-order valence-electron chi connectivity index (χ3n) is 3.19. The van der Waals surface area contributed by atoms with Crippen LogP contribution < -0.4 is 5.32 Å². The van der Waals surface area contributed by atoms with Crippen molar-refractivity contribution in [2.45, 2.75) is 6.54 Å². The molecule has 1 N–H and O–H groups in total. The fraction of sp³-hybridized carbons (Fsp3) is 0.0588. The second-order valence-corrected chi connectivity index (χ2v) is 6.11. The van der Waals surface area contributed by atoms with Gasteiger partial charge < -0.3 is 9.73 Å². The molecule has 0 spiro atoms. The van der Waals surface area contributed by atoms with Crippen molar-refractivity contribution in [3.63, 3.8) is 0 Å². The van der Waals surface area contributed by atoms with Gasteiger partial charge in [-0.15, -0.1) is 0 Å². The minimum absolute atomic E-state index is 0.193. The summed E-state index contributed by atoms with van der Waals surface area (Å²) in [6.07, 6.45) is 1.64. The molecule has 0 aliphatic carbocycles. The topological polar surface area (TPSA) is 55.1 Å². The van der Waals surface area contributed by atoms with E-state index in [-0.39, 0.29) is 12.5 Å². The van der Waals surface area contributed by atoms with E-state index in [1.54, 1.807) is 24.4 Å². The Hall–Kier alpha value is -2.11. The van der Waals surface area contributed by atoms with Gasteiger partial charge in [-0.1, -0.05) is 57.9 Å². The van der Waals surface area contributed by atoms with Crippen LogP contribution in [0.5, 0.6) is 0 Å². The van der Waals surface area contributed by atoms with Crippen molar-refractivity contribution < 1.29 is 9.21 Å². The van der Waals surface area contributed by atoms with Gasteiger partial charge in [-0.25, -0.2) is 4.98 Å². The van der Waals surface area contributed by atoms with Gasteiger partial charge in [-0.3, -0.25) is 4.79 Å². The summed E-state index contributed by atoms with van der Waals surface area (Å²) in [6.45, 7) is 0.193. The SMILES string of the molecule is O=C(NCc1ncc(-c2ccccc2)o1)c1ccc(Br)cc1Cl. The molecule has 1 heterocycles. The molecule has 1 aromatic heterocycles. The van der Waals surface area contributed by atoms with Crippen LogP contribution in [0.1, 0.15) is 16.2 Å². The first kappa shape index (κ1) is 15.8. The molecule has 6 heteroatoms. The summed E-state index contributed by atoms with van der Waals surface area (Å²) in [7, 11) is 0. The molecule has 0 radical (unpaired) electrons. The molecular weight excluding hydrogens is 380 g/mol. The summed E-state index contributed by atoms with van der Waals surface area (Å²) < 4.78 is 6.46. The zero-order valence-electron chi connectivity index (χ0n) is 11.9. The number of hydrogen-bond acceptors (Lipinski definition) is 3. The van der Waals surface area contributed by atoms with E-state index in [4.69, 9.17) is 16.0 Å². The van der Waals surface area contributed by atoms with Gasteiger partial charge in [0.25, 0.3) is 5.91 Å². The Bertz CT molecular complexity index is 834. The van der Waals surface area contributed by atoms with Crippen molar-refractivity contribution in [3.8, 4) is 11.3 Å². The summed E-state index contributed by atoms with van der Waals surface area (Å²) in [5.41, 5.74) is 1.35. The van der Waals surface area contributed by atoms with Crippen LogP contribution >= 0.6 is 27.5 Å². The van der Waals surface area contributed by atoms with Gasteiger partial charge in [0.05, 0.1) is 23.3 Å². The number of nitrogens with one attached hydrogen (secondary N) is 1. The second kappa shape index (κ2) is 6.98. The first-order valence-electron chi connectivity index (χ1n) is 6.87.